The maximum Gasteiger partial charge on any atom is 0.416 e. The molecule has 0 aliphatic rings. The first-order valence-corrected chi connectivity index (χ1v) is 4.91. The van der Waals surface area contributed by atoms with E-state index in [1.54, 1.807) is 19.0 Å². The van der Waals surface area contributed by atoms with Crippen molar-refractivity contribution in [3.63, 3.8) is 0 Å². The van der Waals surface area contributed by atoms with Crippen LogP contribution in [-0.4, -0.2) is 23.9 Å². The second-order valence-electron chi connectivity index (χ2n) is 4.06. The van der Waals surface area contributed by atoms with Crippen molar-refractivity contribution in [1.82, 2.24) is 4.90 Å². The smallest absolute Gasteiger partial charge is 0.393 e. The first kappa shape index (κ1) is 14.2. The number of rotatable bonds is 3. The molecule has 0 radical (unpaired) electrons. The third kappa shape index (κ3) is 3.10. The molecule has 0 aliphatic heterocycles. The van der Waals surface area contributed by atoms with Gasteiger partial charge in [-0.05, 0) is 25.7 Å². The fourth-order valence-electron chi connectivity index (χ4n) is 1.48. The van der Waals surface area contributed by atoms with Gasteiger partial charge in [0.15, 0.2) is 0 Å². The summed E-state index contributed by atoms with van der Waals surface area (Å²) in [7, 11) is 3.26. The minimum atomic E-state index is -4.64. The van der Waals surface area contributed by atoms with E-state index >= 15 is 0 Å². The number of nitrogens with zero attached hydrogens (tertiary/aromatic N) is 2. The quantitative estimate of drug-likeness (QED) is 0.515. The van der Waals surface area contributed by atoms with Crippen LogP contribution in [0, 0.1) is 10.1 Å². The fourth-order valence-corrected chi connectivity index (χ4v) is 1.48. The van der Waals surface area contributed by atoms with Gasteiger partial charge in [-0.3, -0.25) is 10.1 Å². The molecule has 1 aromatic rings. The van der Waals surface area contributed by atoms with Crippen LogP contribution >= 0.6 is 0 Å². The fraction of sp³-hybridized carbons (Fsp3) is 0.400. The topological polar surface area (TPSA) is 72.4 Å². The molecule has 2 N–H and O–H groups in total. The Hall–Kier alpha value is -1.83. The molecule has 100 valence electrons. The van der Waals surface area contributed by atoms with Crippen molar-refractivity contribution in [2.75, 3.05) is 19.8 Å². The number of nitro benzene ring substituents is 1. The van der Waals surface area contributed by atoms with Crippen LogP contribution in [0.4, 0.5) is 24.5 Å². The van der Waals surface area contributed by atoms with E-state index in [4.69, 9.17) is 5.73 Å². The van der Waals surface area contributed by atoms with Crippen LogP contribution in [0.3, 0.4) is 0 Å². The van der Waals surface area contributed by atoms with E-state index < -0.39 is 22.4 Å². The maximum absolute atomic E-state index is 12.6. The Morgan fingerprint density at radius 2 is 1.94 bits per heavy atom. The predicted molar refractivity (Wildman–Crippen MR) is 59.9 cm³/mol. The molecule has 0 heterocycles. The lowest BCUT2D eigenvalue weighted by molar-refractivity contribution is -0.384. The zero-order chi connectivity index (χ0) is 14.1. The van der Waals surface area contributed by atoms with Gasteiger partial charge in [-0.15, -0.1) is 0 Å². The summed E-state index contributed by atoms with van der Waals surface area (Å²) in [6.45, 7) is 0.0938. The van der Waals surface area contributed by atoms with Gasteiger partial charge in [0.2, 0.25) is 0 Å². The van der Waals surface area contributed by atoms with E-state index in [2.05, 4.69) is 0 Å². The van der Waals surface area contributed by atoms with E-state index in [1.807, 2.05) is 0 Å². The van der Waals surface area contributed by atoms with Crippen LogP contribution in [0.15, 0.2) is 12.1 Å². The molecular formula is C10H12F3N3O2. The number of alkyl halides is 3. The molecule has 18 heavy (non-hydrogen) atoms. The van der Waals surface area contributed by atoms with Crippen LogP contribution in [0.2, 0.25) is 0 Å². The summed E-state index contributed by atoms with van der Waals surface area (Å²) in [5.74, 6) is 0. The van der Waals surface area contributed by atoms with Gasteiger partial charge in [0.1, 0.15) is 5.69 Å². The van der Waals surface area contributed by atoms with E-state index in [9.17, 15) is 23.3 Å². The summed E-state index contributed by atoms with van der Waals surface area (Å²) in [5.41, 5.74) is 3.57. The zero-order valence-electron chi connectivity index (χ0n) is 9.78. The van der Waals surface area contributed by atoms with Crippen molar-refractivity contribution in [2.45, 2.75) is 12.7 Å². The molecule has 0 fully saturated rings. The normalized spacial score (nSPS) is 11.9. The summed E-state index contributed by atoms with van der Waals surface area (Å²) < 4.78 is 37.8. The minimum Gasteiger partial charge on any atom is -0.393 e. The molecule has 0 bridgehead atoms. The lowest BCUT2D eigenvalue weighted by Crippen LogP contribution is -2.15. The van der Waals surface area contributed by atoms with Gasteiger partial charge in [0.25, 0.3) is 5.69 Å². The van der Waals surface area contributed by atoms with Crippen molar-refractivity contribution in [3.05, 3.63) is 33.4 Å². The molecule has 1 rings (SSSR count). The van der Waals surface area contributed by atoms with E-state index in [1.165, 1.54) is 0 Å². The van der Waals surface area contributed by atoms with Gasteiger partial charge < -0.3 is 10.6 Å². The van der Waals surface area contributed by atoms with E-state index in [0.717, 1.165) is 6.07 Å². The molecule has 0 atom stereocenters. The number of halogens is 3. The van der Waals surface area contributed by atoms with Crippen LogP contribution in [0.25, 0.3) is 0 Å². The molecule has 0 amide bonds. The lowest BCUT2D eigenvalue weighted by Gasteiger charge is -2.15. The Kier molecular flexibility index (Phi) is 3.80. The number of nitrogen functional groups attached to an aromatic ring is 1. The van der Waals surface area contributed by atoms with Gasteiger partial charge in [-0.25, -0.2) is 0 Å². The first-order chi connectivity index (χ1) is 8.12. The Morgan fingerprint density at radius 3 is 2.33 bits per heavy atom. The summed E-state index contributed by atoms with van der Waals surface area (Å²) in [6, 6.07) is 1.29. The molecule has 0 aliphatic carbocycles. The molecule has 0 aromatic heterocycles. The third-order valence-electron chi connectivity index (χ3n) is 2.25. The summed E-state index contributed by atoms with van der Waals surface area (Å²) in [4.78, 5) is 11.3. The summed E-state index contributed by atoms with van der Waals surface area (Å²) in [6.07, 6.45) is -4.64. The van der Waals surface area contributed by atoms with Gasteiger partial charge in [-0.1, -0.05) is 0 Å². The summed E-state index contributed by atoms with van der Waals surface area (Å²) in [5, 5.41) is 10.7. The van der Waals surface area contributed by atoms with Crippen molar-refractivity contribution in [2.24, 2.45) is 0 Å². The molecule has 0 saturated carbocycles. The van der Waals surface area contributed by atoms with Gasteiger partial charge >= 0.3 is 6.18 Å². The van der Waals surface area contributed by atoms with Crippen LogP contribution in [0.5, 0.6) is 0 Å². The number of hydrogen-bond acceptors (Lipinski definition) is 4. The monoisotopic (exact) mass is 263 g/mol. The van der Waals surface area contributed by atoms with Gasteiger partial charge in [0, 0.05) is 12.6 Å². The minimum absolute atomic E-state index is 0.0847. The highest BCUT2D eigenvalue weighted by molar-refractivity contribution is 5.65. The Labute approximate surface area is 101 Å². The molecule has 8 heteroatoms. The SMILES string of the molecule is CN(C)Cc1cc(C(F)(F)F)cc([N+](=O)[O-])c1N. The summed E-state index contributed by atoms with van der Waals surface area (Å²) >= 11 is 0. The number of anilines is 1. The lowest BCUT2D eigenvalue weighted by atomic mass is 10.1. The second-order valence-corrected chi connectivity index (χ2v) is 4.06. The standard InChI is InChI=1S/C10H12F3N3O2/c1-15(2)5-6-3-7(10(11,12)13)4-8(9(6)14)16(17)18/h3-4H,5,14H2,1-2H3. The predicted octanol–water partition coefficient (Wildman–Crippen LogP) is 2.26. The maximum atomic E-state index is 12.6. The molecule has 0 spiro atoms. The highest BCUT2D eigenvalue weighted by Crippen LogP contribution is 2.36. The van der Waals surface area contributed by atoms with Crippen molar-refractivity contribution in [3.8, 4) is 0 Å². The molecule has 0 saturated heterocycles. The Morgan fingerprint density at radius 1 is 1.39 bits per heavy atom. The average Bonchev–Trinajstić information content (AvgIpc) is 2.18. The highest BCUT2D eigenvalue weighted by Gasteiger charge is 2.34. The van der Waals surface area contributed by atoms with Crippen LogP contribution < -0.4 is 5.73 Å². The molecule has 0 unspecified atom stereocenters. The average molecular weight is 263 g/mol. The number of hydrogen-bond donors (Lipinski definition) is 1. The zero-order valence-corrected chi connectivity index (χ0v) is 9.78. The highest BCUT2D eigenvalue weighted by atomic mass is 19.4. The van der Waals surface area contributed by atoms with E-state index in [-0.39, 0.29) is 17.8 Å². The molecule has 5 nitrogen and oxygen atoms in total. The third-order valence-corrected chi connectivity index (χ3v) is 2.25. The van der Waals surface area contributed by atoms with Crippen molar-refractivity contribution in [1.29, 1.82) is 0 Å². The van der Waals surface area contributed by atoms with Gasteiger partial charge in [-0.2, -0.15) is 13.2 Å². The number of nitrogens with two attached hydrogens (primary N) is 1. The van der Waals surface area contributed by atoms with Crippen LogP contribution in [-0.2, 0) is 12.7 Å². The van der Waals surface area contributed by atoms with Crippen LogP contribution in [0.1, 0.15) is 11.1 Å². The van der Waals surface area contributed by atoms with Gasteiger partial charge in [0.05, 0.1) is 10.5 Å². The molecular weight excluding hydrogens is 251 g/mol. The number of benzene rings is 1. The van der Waals surface area contributed by atoms with Crippen molar-refractivity contribution >= 4 is 11.4 Å². The van der Waals surface area contributed by atoms with Crippen molar-refractivity contribution < 1.29 is 18.1 Å². The largest absolute Gasteiger partial charge is 0.416 e. The Balaban J connectivity index is 3.42. The first-order valence-electron chi connectivity index (χ1n) is 4.91. The Bertz CT molecular complexity index is 472. The molecule has 1 aromatic carbocycles. The van der Waals surface area contributed by atoms with E-state index in [0.29, 0.717) is 6.07 Å². The number of nitro groups is 1. The second kappa shape index (κ2) is 4.81.